The maximum absolute atomic E-state index is 12.3. The second-order valence-corrected chi connectivity index (χ2v) is 4.96. The van der Waals surface area contributed by atoms with E-state index in [1.165, 1.54) is 25.3 Å². The molecule has 1 atom stereocenters. The lowest BCUT2D eigenvalue weighted by atomic mass is 9.99. The topological polar surface area (TPSA) is 93.5 Å². The van der Waals surface area contributed by atoms with Crippen molar-refractivity contribution in [2.24, 2.45) is 0 Å². The molecular weight excluding hydrogens is 262 g/mol. The van der Waals surface area contributed by atoms with Gasteiger partial charge in [0.25, 0.3) is 5.69 Å². The van der Waals surface area contributed by atoms with Crippen LogP contribution in [0.1, 0.15) is 19.8 Å². The molecule has 7 nitrogen and oxygen atoms in total. The highest BCUT2D eigenvalue weighted by molar-refractivity contribution is 5.99. The third-order valence-corrected chi connectivity index (χ3v) is 3.51. The lowest BCUT2D eigenvalue weighted by molar-refractivity contribution is -0.384. The molecule has 2 rings (SSSR count). The molecule has 0 aromatic heterocycles. The SMILES string of the molecule is COc1cc([N+](=O)[O-])ccc1NC(=O)C1(C)CCCN1. The van der Waals surface area contributed by atoms with Crippen LogP contribution in [0, 0.1) is 10.1 Å². The molecule has 0 spiro atoms. The predicted molar refractivity (Wildman–Crippen MR) is 73.9 cm³/mol. The quantitative estimate of drug-likeness (QED) is 0.646. The Morgan fingerprint density at radius 2 is 2.30 bits per heavy atom. The summed E-state index contributed by atoms with van der Waals surface area (Å²) >= 11 is 0. The molecule has 0 bridgehead atoms. The average molecular weight is 279 g/mol. The predicted octanol–water partition coefficient (Wildman–Crippen LogP) is 1.68. The molecule has 0 radical (unpaired) electrons. The second kappa shape index (κ2) is 5.46. The van der Waals surface area contributed by atoms with Crippen molar-refractivity contribution in [3.8, 4) is 5.75 Å². The van der Waals surface area contributed by atoms with Crippen molar-refractivity contribution in [1.29, 1.82) is 0 Å². The first-order valence-corrected chi connectivity index (χ1v) is 6.35. The van der Waals surface area contributed by atoms with Gasteiger partial charge < -0.3 is 15.4 Å². The summed E-state index contributed by atoms with van der Waals surface area (Å²) in [5.41, 5.74) is -0.254. The van der Waals surface area contributed by atoms with Crippen molar-refractivity contribution in [2.45, 2.75) is 25.3 Å². The Morgan fingerprint density at radius 3 is 2.85 bits per heavy atom. The molecular formula is C13H17N3O4. The molecule has 1 aliphatic rings. The second-order valence-electron chi connectivity index (χ2n) is 4.96. The van der Waals surface area contributed by atoms with Crippen LogP contribution >= 0.6 is 0 Å². The average Bonchev–Trinajstić information content (AvgIpc) is 2.87. The number of nitrogens with zero attached hydrogens (tertiary/aromatic N) is 1. The molecule has 20 heavy (non-hydrogen) atoms. The molecule has 1 amide bonds. The Hall–Kier alpha value is -2.15. The molecule has 2 N–H and O–H groups in total. The summed E-state index contributed by atoms with van der Waals surface area (Å²) in [4.78, 5) is 22.5. The van der Waals surface area contributed by atoms with Gasteiger partial charge in [0, 0.05) is 6.07 Å². The number of nitrogens with one attached hydrogen (secondary N) is 2. The number of benzene rings is 1. The number of hydrogen-bond donors (Lipinski definition) is 2. The zero-order valence-electron chi connectivity index (χ0n) is 11.4. The molecule has 1 heterocycles. The number of non-ortho nitro benzene ring substituents is 1. The minimum absolute atomic E-state index is 0.0787. The number of hydrogen-bond acceptors (Lipinski definition) is 5. The maximum Gasteiger partial charge on any atom is 0.273 e. The van der Waals surface area contributed by atoms with E-state index in [2.05, 4.69) is 10.6 Å². The van der Waals surface area contributed by atoms with E-state index in [0.29, 0.717) is 5.69 Å². The summed E-state index contributed by atoms with van der Waals surface area (Å²) < 4.78 is 5.09. The van der Waals surface area contributed by atoms with Gasteiger partial charge in [-0.15, -0.1) is 0 Å². The van der Waals surface area contributed by atoms with Crippen LogP contribution in [0.4, 0.5) is 11.4 Å². The molecule has 0 aliphatic carbocycles. The van der Waals surface area contributed by atoms with Crippen LogP contribution in [0.25, 0.3) is 0 Å². The summed E-state index contributed by atoms with van der Waals surface area (Å²) in [6.07, 6.45) is 1.70. The normalized spacial score (nSPS) is 21.5. The monoisotopic (exact) mass is 279 g/mol. The summed E-state index contributed by atoms with van der Waals surface area (Å²) in [7, 11) is 1.41. The minimum atomic E-state index is -0.604. The van der Waals surface area contributed by atoms with Gasteiger partial charge in [0.15, 0.2) is 0 Å². The molecule has 1 unspecified atom stereocenters. The fourth-order valence-electron chi connectivity index (χ4n) is 2.25. The number of nitro groups is 1. The zero-order chi connectivity index (χ0) is 14.8. The van der Waals surface area contributed by atoms with E-state index in [1.807, 2.05) is 6.92 Å². The van der Waals surface area contributed by atoms with Crippen LogP contribution in [-0.4, -0.2) is 30.0 Å². The van der Waals surface area contributed by atoms with Gasteiger partial charge in [0.1, 0.15) is 5.75 Å². The molecule has 0 saturated carbocycles. The number of carbonyl (C=O) groups is 1. The fraction of sp³-hybridized carbons (Fsp3) is 0.462. The standard InChI is InChI=1S/C13H17N3O4/c1-13(6-3-7-14-13)12(17)15-10-5-4-9(16(18)19)8-11(10)20-2/h4-5,8,14H,3,6-7H2,1-2H3,(H,15,17). The number of rotatable bonds is 4. The number of ether oxygens (including phenoxy) is 1. The first-order chi connectivity index (χ1) is 9.46. The van der Waals surface area contributed by atoms with E-state index in [-0.39, 0.29) is 17.3 Å². The van der Waals surface area contributed by atoms with Crippen LogP contribution in [0.5, 0.6) is 5.75 Å². The Bertz CT molecular complexity index is 538. The van der Waals surface area contributed by atoms with Crippen LogP contribution < -0.4 is 15.4 Å². The van der Waals surface area contributed by atoms with Gasteiger partial charge in [-0.3, -0.25) is 14.9 Å². The highest BCUT2D eigenvalue weighted by atomic mass is 16.6. The van der Waals surface area contributed by atoms with Gasteiger partial charge in [0.05, 0.1) is 29.3 Å². The van der Waals surface area contributed by atoms with E-state index >= 15 is 0 Å². The third-order valence-electron chi connectivity index (χ3n) is 3.51. The molecule has 1 fully saturated rings. The Labute approximate surface area is 116 Å². The van der Waals surface area contributed by atoms with Crippen molar-refractivity contribution in [1.82, 2.24) is 5.32 Å². The summed E-state index contributed by atoms with van der Waals surface area (Å²) in [5.74, 6) is 0.108. The smallest absolute Gasteiger partial charge is 0.273 e. The van der Waals surface area contributed by atoms with Crippen molar-refractivity contribution in [3.63, 3.8) is 0 Å². The van der Waals surface area contributed by atoms with Crippen LogP contribution in [0.15, 0.2) is 18.2 Å². The molecule has 1 aliphatic heterocycles. The molecule has 1 saturated heterocycles. The lowest BCUT2D eigenvalue weighted by Crippen LogP contribution is -2.48. The number of nitro benzene ring substituents is 1. The lowest BCUT2D eigenvalue weighted by Gasteiger charge is -2.23. The van der Waals surface area contributed by atoms with Crippen molar-refractivity contribution >= 4 is 17.3 Å². The summed E-state index contributed by atoms with van der Waals surface area (Å²) in [5, 5.41) is 16.6. The van der Waals surface area contributed by atoms with Crippen LogP contribution in [0.2, 0.25) is 0 Å². The minimum Gasteiger partial charge on any atom is -0.494 e. The fourth-order valence-corrected chi connectivity index (χ4v) is 2.25. The Kier molecular flexibility index (Phi) is 3.89. The van der Waals surface area contributed by atoms with E-state index in [1.54, 1.807) is 0 Å². The third kappa shape index (κ3) is 2.72. The van der Waals surface area contributed by atoms with Crippen LogP contribution in [-0.2, 0) is 4.79 Å². The van der Waals surface area contributed by atoms with Gasteiger partial charge in [-0.05, 0) is 32.4 Å². The number of methoxy groups -OCH3 is 1. The van der Waals surface area contributed by atoms with Gasteiger partial charge >= 0.3 is 0 Å². The first-order valence-electron chi connectivity index (χ1n) is 6.35. The number of amides is 1. The summed E-state index contributed by atoms with van der Waals surface area (Å²) in [6, 6.07) is 4.11. The van der Waals surface area contributed by atoms with E-state index in [4.69, 9.17) is 4.74 Å². The maximum atomic E-state index is 12.3. The zero-order valence-corrected chi connectivity index (χ0v) is 11.4. The van der Waals surface area contributed by atoms with Crippen molar-refractivity contribution in [2.75, 3.05) is 19.0 Å². The van der Waals surface area contributed by atoms with Gasteiger partial charge in [0.2, 0.25) is 5.91 Å². The van der Waals surface area contributed by atoms with Gasteiger partial charge in [-0.25, -0.2) is 0 Å². The highest BCUT2D eigenvalue weighted by Gasteiger charge is 2.36. The van der Waals surface area contributed by atoms with Crippen LogP contribution in [0.3, 0.4) is 0 Å². The highest BCUT2D eigenvalue weighted by Crippen LogP contribution is 2.30. The number of anilines is 1. The van der Waals surface area contributed by atoms with E-state index < -0.39 is 10.5 Å². The molecule has 1 aromatic carbocycles. The summed E-state index contributed by atoms with van der Waals surface area (Å²) in [6.45, 7) is 2.65. The van der Waals surface area contributed by atoms with Crippen molar-refractivity contribution in [3.05, 3.63) is 28.3 Å². The molecule has 108 valence electrons. The van der Waals surface area contributed by atoms with E-state index in [9.17, 15) is 14.9 Å². The first kappa shape index (κ1) is 14.3. The van der Waals surface area contributed by atoms with Gasteiger partial charge in [-0.2, -0.15) is 0 Å². The number of carbonyl (C=O) groups excluding carboxylic acids is 1. The largest absolute Gasteiger partial charge is 0.494 e. The van der Waals surface area contributed by atoms with E-state index in [0.717, 1.165) is 19.4 Å². The van der Waals surface area contributed by atoms with Gasteiger partial charge in [-0.1, -0.05) is 0 Å². The molecule has 1 aromatic rings. The Morgan fingerprint density at radius 1 is 1.55 bits per heavy atom. The molecule has 7 heteroatoms. The Balaban J connectivity index is 2.20. The van der Waals surface area contributed by atoms with Crippen molar-refractivity contribution < 1.29 is 14.5 Å².